The van der Waals surface area contributed by atoms with Crippen LogP contribution >= 0.6 is 0 Å². The van der Waals surface area contributed by atoms with Gasteiger partial charge in [-0.3, -0.25) is 9.69 Å². The van der Waals surface area contributed by atoms with Crippen LogP contribution in [0.25, 0.3) is 0 Å². The van der Waals surface area contributed by atoms with Gasteiger partial charge in [0.1, 0.15) is 17.5 Å². The van der Waals surface area contributed by atoms with Crippen molar-refractivity contribution in [2.75, 3.05) is 20.2 Å². The number of halogens is 1. The van der Waals surface area contributed by atoms with E-state index in [0.717, 1.165) is 11.3 Å². The minimum Gasteiger partial charge on any atom is -0.497 e. The SMILES string of the molecule is COc1ccc(CN2C[C@@H](F)C[C@H](CC(=O)OC(C)(C)C)C2)cc1. The van der Waals surface area contributed by atoms with Gasteiger partial charge in [-0.05, 0) is 50.8 Å². The highest BCUT2D eigenvalue weighted by atomic mass is 19.1. The maximum absolute atomic E-state index is 14.1. The number of carbonyl (C=O) groups is 1. The average Bonchev–Trinajstić information content (AvgIpc) is 2.45. The number of hydrogen-bond acceptors (Lipinski definition) is 4. The number of esters is 1. The lowest BCUT2D eigenvalue weighted by molar-refractivity contribution is -0.156. The van der Waals surface area contributed by atoms with Crippen LogP contribution in [0.1, 0.15) is 39.2 Å². The zero-order valence-corrected chi connectivity index (χ0v) is 15.0. The van der Waals surface area contributed by atoms with Gasteiger partial charge >= 0.3 is 5.97 Å². The van der Waals surface area contributed by atoms with Crippen molar-refractivity contribution in [2.45, 2.75) is 51.9 Å². The Hall–Kier alpha value is -1.62. The fraction of sp³-hybridized carbons (Fsp3) is 0.632. The number of benzene rings is 1. The number of likely N-dealkylation sites (tertiary alicyclic amines) is 1. The summed E-state index contributed by atoms with van der Waals surface area (Å²) in [6, 6.07) is 7.79. The Bertz CT molecular complexity index is 539. The van der Waals surface area contributed by atoms with Gasteiger partial charge in [0.2, 0.25) is 0 Å². The number of carbonyl (C=O) groups excluding carboxylic acids is 1. The summed E-state index contributed by atoms with van der Waals surface area (Å²) >= 11 is 0. The van der Waals surface area contributed by atoms with Crippen LogP contribution in [0, 0.1) is 5.92 Å². The number of alkyl halides is 1. The molecular formula is C19H28FNO3. The number of ether oxygens (including phenoxy) is 2. The molecule has 0 aromatic heterocycles. The Morgan fingerprint density at radius 3 is 2.50 bits per heavy atom. The first-order valence-electron chi connectivity index (χ1n) is 8.46. The third-order valence-corrected chi connectivity index (χ3v) is 4.00. The fourth-order valence-electron chi connectivity index (χ4n) is 3.12. The molecule has 0 unspecified atom stereocenters. The lowest BCUT2D eigenvalue weighted by Crippen LogP contribution is -2.42. The lowest BCUT2D eigenvalue weighted by Gasteiger charge is -2.34. The summed E-state index contributed by atoms with van der Waals surface area (Å²) in [5.41, 5.74) is 0.616. The molecule has 2 atom stereocenters. The smallest absolute Gasteiger partial charge is 0.306 e. The van der Waals surface area contributed by atoms with Gasteiger partial charge in [-0.25, -0.2) is 4.39 Å². The molecule has 0 radical (unpaired) electrons. The monoisotopic (exact) mass is 337 g/mol. The molecule has 0 aliphatic carbocycles. The standard InChI is InChI=1S/C19H28FNO3/c1-19(2,3)24-18(22)10-15-9-16(20)13-21(12-15)11-14-5-7-17(23-4)8-6-14/h5-8,15-16H,9-13H2,1-4H3/t15-,16+/m1/s1. The number of nitrogens with zero attached hydrogens (tertiary/aromatic N) is 1. The Morgan fingerprint density at radius 2 is 1.92 bits per heavy atom. The van der Waals surface area contributed by atoms with Crippen LogP contribution in [0.5, 0.6) is 5.75 Å². The molecule has 1 heterocycles. The highest BCUT2D eigenvalue weighted by Gasteiger charge is 2.30. The van der Waals surface area contributed by atoms with E-state index in [1.165, 1.54) is 0 Å². The van der Waals surface area contributed by atoms with E-state index in [4.69, 9.17) is 9.47 Å². The Balaban J connectivity index is 1.90. The van der Waals surface area contributed by atoms with Crippen LogP contribution in [0.4, 0.5) is 4.39 Å². The third kappa shape index (κ3) is 6.11. The van der Waals surface area contributed by atoms with Gasteiger partial charge in [0.25, 0.3) is 0 Å². The van der Waals surface area contributed by atoms with Gasteiger partial charge in [0, 0.05) is 26.1 Å². The van der Waals surface area contributed by atoms with Crippen LogP contribution in [0.3, 0.4) is 0 Å². The maximum Gasteiger partial charge on any atom is 0.306 e. The molecular weight excluding hydrogens is 309 g/mol. The summed E-state index contributed by atoms with van der Waals surface area (Å²) < 4.78 is 24.6. The van der Waals surface area contributed by atoms with Gasteiger partial charge in [-0.2, -0.15) is 0 Å². The van der Waals surface area contributed by atoms with Crippen molar-refractivity contribution in [3.05, 3.63) is 29.8 Å². The van der Waals surface area contributed by atoms with Gasteiger partial charge in [-0.1, -0.05) is 12.1 Å². The van der Waals surface area contributed by atoms with E-state index in [-0.39, 0.29) is 18.3 Å². The van der Waals surface area contributed by atoms with Crippen LogP contribution in [0.15, 0.2) is 24.3 Å². The Kier molecular flexibility index (Phi) is 6.21. The topological polar surface area (TPSA) is 38.8 Å². The second-order valence-electron chi connectivity index (χ2n) is 7.53. The molecule has 0 spiro atoms. The number of methoxy groups -OCH3 is 1. The van der Waals surface area contributed by atoms with Crippen LogP contribution in [-0.4, -0.2) is 42.8 Å². The highest BCUT2D eigenvalue weighted by molar-refractivity contribution is 5.70. The molecule has 1 aromatic rings. The van der Waals surface area contributed by atoms with Gasteiger partial charge in [0.05, 0.1) is 7.11 Å². The predicted octanol–water partition coefficient (Wildman–Crippen LogP) is 3.59. The van der Waals surface area contributed by atoms with E-state index in [9.17, 15) is 9.18 Å². The van der Waals surface area contributed by atoms with Gasteiger partial charge in [-0.15, -0.1) is 0 Å². The summed E-state index contributed by atoms with van der Waals surface area (Å²) in [5, 5.41) is 0. The molecule has 0 N–H and O–H groups in total. The molecule has 0 saturated carbocycles. The molecule has 134 valence electrons. The second kappa shape index (κ2) is 7.97. The zero-order valence-electron chi connectivity index (χ0n) is 15.0. The molecule has 24 heavy (non-hydrogen) atoms. The van der Waals surface area contributed by atoms with E-state index in [2.05, 4.69) is 4.90 Å². The maximum atomic E-state index is 14.1. The predicted molar refractivity (Wildman–Crippen MR) is 91.7 cm³/mol. The zero-order chi connectivity index (χ0) is 17.7. The van der Waals surface area contributed by atoms with Crippen molar-refractivity contribution in [1.82, 2.24) is 4.90 Å². The number of piperidine rings is 1. The Labute approximate surface area is 143 Å². The number of rotatable bonds is 5. The lowest BCUT2D eigenvalue weighted by atomic mass is 9.93. The normalized spacial score (nSPS) is 22.2. The molecule has 0 bridgehead atoms. The molecule has 2 rings (SSSR count). The molecule has 1 aliphatic heterocycles. The van der Waals surface area contributed by atoms with Crippen molar-refractivity contribution < 1.29 is 18.7 Å². The molecule has 1 aromatic carbocycles. The second-order valence-corrected chi connectivity index (χ2v) is 7.53. The van der Waals surface area contributed by atoms with Crippen LogP contribution in [0.2, 0.25) is 0 Å². The summed E-state index contributed by atoms with van der Waals surface area (Å²) in [7, 11) is 1.63. The fourth-order valence-corrected chi connectivity index (χ4v) is 3.12. The van der Waals surface area contributed by atoms with E-state index in [1.807, 2.05) is 45.0 Å². The van der Waals surface area contributed by atoms with Crippen molar-refractivity contribution in [2.24, 2.45) is 5.92 Å². The first kappa shape index (κ1) is 18.7. The van der Waals surface area contributed by atoms with Crippen LogP contribution in [-0.2, 0) is 16.1 Å². The van der Waals surface area contributed by atoms with E-state index < -0.39 is 11.8 Å². The molecule has 1 saturated heterocycles. The van der Waals surface area contributed by atoms with Crippen molar-refractivity contribution >= 4 is 5.97 Å². The van der Waals surface area contributed by atoms with Gasteiger partial charge in [0.15, 0.2) is 0 Å². The quantitative estimate of drug-likeness (QED) is 0.770. The first-order valence-corrected chi connectivity index (χ1v) is 8.46. The molecule has 5 heteroatoms. The average molecular weight is 337 g/mol. The molecule has 1 aliphatic rings. The largest absolute Gasteiger partial charge is 0.497 e. The molecule has 4 nitrogen and oxygen atoms in total. The Morgan fingerprint density at radius 1 is 1.25 bits per heavy atom. The summed E-state index contributed by atoms with van der Waals surface area (Å²) in [4.78, 5) is 14.1. The van der Waals surface area contributed by atoms with E-state index >= 15 is 0 Å². The summed E-state index contributed by atoms with van der Waals surface area (Å²) in [6.07, 6.45) is -0.195. The molecule has 1 fully saturated rings. The third-order valence-electron chi connectivity index (χ3n) is 4.00. The van der Waals surface area contributed by atoms with Crippen molar-refractivity contribution in [1.29, 1.82) is 0 Å². The van der Waals surface area contributed by atoms with E-state index in [0.29, 0.717) is 26.1 Å². The summed E-state index contributed by atoms with van der Waals surface area (Å²) in [5.74, 6) is 0.566. The van der Waals surface area contributed by atoms with Gasteiger partial charge < -0.3 is 9.47 Å². The summed E-state index contributed by atoms with van der Waals surface area (Å²) in [6.45, 7) is 7.34. The minimum atomic E-state index is -0.899. The minimum absolute atomic E-state index is 0.00171. The van der Waals surface area contributed by atoms with Crippen molar-refractivity contribution in [3.63, 3.8) is 0 Å². The number of hydrogen-bond donors (Lipinski definition) is 0. The highest BCUT2D eigenvalue weighted by Crippen LogP contribution is 2.25. The van der Waals surface area contributed by atoms with Crippen molar-refractivity contribution in [3.8, 4) is 5.75 Å². The van der Waals surface area contributed by atoms with Crippen LogP contribution < -0.4 is 4.74 Å². The van der Waals surface area contributed by atoms with E-state index in [1.54, 1.807) is 7.11 Å². The molecule has 0 amide bonds. The first-order chi connectivity index (χ1) is 11.2.